The summed E-state index contributed by atoms with van der Waals surface area (Å²) in [7, 11) is -3.69. The first-order valence-electron chi connectivity index (χ1n) is 4.98. The lowest BCUT2D eigenvalue weighted by Gasteiger charge is -2.08. The van der Waals surface area contributed by atoms with Gasteiger partial charge >= 0.3 is 0 Å². The van der Waals surface area contributed by atoms with Gasteiger partial charge in [0.2, 0.25) is 0 Å². The number of anilines is 1. The Morgan fingerprint density at radius 2 is 1.89 bits per heavy atom. The summed E-state index contributed by atoms with van der Waals surface area (Å²) in [5.41, 5.74) is 0.395. The van der Waals surface area contributed by atoms with E-state index in [-0.39, 0.29) is 10.0 Å². The molecule has 1 aromatic carbocycles. The van der Waals surface area contributed by atoms with E-state index in [1.165, 1.54) is 18.3 Å². The number of hydrogen-bond donors (Lipinski definition) is 1. The standard InChI is InChI=1S/C11H7BrCl2N2O2S/c12-9-5-7(1-3-10(9)13)16-19(17,18)8-2-4-11(14)15-6-8/h1-6,16H. The first-order chi connectivity index (χ1) is 8.88. The molecular formula is C11H7BrCl2N2O2S. The van der Waals surface area contributed by atoms with Crippen molar-refractivity contribution >= 4 is 54.8 Å². The Morgan fingerprint density at radius 1 is 1.16 bits per heavy atom. The van der Waals surface area contributed by atoms with Crippen molar-refractivity contribution in [2.45, 2.75) is 4.90 Å². The first-order valence-corrected chi connectivity index (χ1v) is 8.01. The van der Waals surface area contributed by atoms with Gasteiger partial charge in [-0.15, -0.1) is 0 Å². The smallest absolute Gasteiger partial charge is 0.263 e. The Hall–Kier alpha value is -0.820. The highest BCUT2D eigenvalue weighted by Crippen LogP contribution is 2.26. The zero-order valence-corrected chi connectivity index (χ0v) is 13.2. The Morgan fingerprint density at radius 3 is 2.47 bits per heavy atom. The van der Waals surface area contributed by atoms with Crippen LogP contribution in [0.15, 0.2) is 45.9 Å². The van der Waals surface area contributed by atoms with Crippen LogP contribution in [-0.2, 0) is 10.0 Å². The third-order valence-corrected chi connectivity index (χ3v) is 4.99. The summed E-state index contributed by atoms with van der Waals surface area (Å²) in [5.74, 6) is 0. The van der Waals surface area contributed by atoms with E-state index in [9.17, 15) is 8.42 Å². The number of benzene rings is 1. The van der Waals surface area contributed by atoms with Crippen LogP contribution in [0.1, 0.15) is 0 Å². The maximum atomic E-state index is 12.1. The SMILES string of the molecule is O=S(=O)(Nc1ccc(Cl)c(Br)c1)c1ccc(Cl)nc1. The van der Waals surface area contributed by atoms with Crippen molar-refractivity contribution < 1.29 is 8.42 Å². The van der Waals surface area contributed by atoms with E-state index in [2.05, 4.69) is 25.6 Å². The molecule has 2 rings (SSSR count). The van der Waals surface area contributed by atoms with Crippen LogP contribution in [0, 0.1) is 0 Å². The summed E-state index contributed by atoms with van der Waals surface area (Å²) in [6, 6.07) is 7.51. The van der Waals surface area contributed by atoms with Crippen LogP contribution in [0.25, 0.3) is 0 Å². The predicted molar refractivity (Wildman–Crippen MR) is 79.2 cm³/mol. The van der Waals surface area contributed by atoms with Crippen molar-refractivity contribution in [1.29, 1.82) is 0 Å². The Balaban J connectivity index is 2.30. The van der Waals surface area contributed by atoms with Crippen molar-refractivity contribution in [2.75, 3.05) is 4.72 Å². The molecule has 0 aliphatic rings. The second-order valence-electron chi connectivity index (χ2n) is 3.55. The summed E-state index contributed by atoms with van der Waals surface area (Å²) in [6.45, 7) is 0. The van der Waals surface area contributed by atoms with E-state index in [0.717, 1.165) is 0 Å². The van der Waals surface area contributed by atoms with E-state index < -0.39 is 10.0 Å². The van der Waals surface area contributed by atoms with Gasteiger partial charge in [0.1, 0.15) is 10.0 Å². The van der Waals surface area contributed by atoms with Crippen LogP contribution in [0.2, 0.25) is 10.2 Å². The first kappa shape index (κ1) is 14.6. The number of rotatable bonds is 3. The topological polar surface area (TPSA) is 59.1 Å². The maximum absolute atomic E-state index is 12.1. The van der Waals surface area contributed by atoms with E-state index >= 15 is 0 Å². The molecule has 19 heavy (non-hydrogen) atoms. The molecule has 0 bridgehead atoms. The molecule has 2 aromatic rings. The molecular weight excluding hydrogens is 375 g/mol. The lowest BCUT2D eigenvalue weighted by molar-refractivity contribution is 0.601. The quantitative estimate of drug-likeness (QED) is 0.818. The molecule has 0 saturated carbocycles. The minimum Gasteiger partial charge on any atom is -0.280 e. The van der Waals surface area contributed by atoms with Crippen molar-refractivity contribution in [3.63, 3.8) is 0 Å². The van der Waals surface area contributed by atoms with Gasteiger partial charge in [-0.3, -0.25) is 4.72 Å². The van der Waals surface area contributed by atoms with Crippen molar-refractivity contribution in [3.8, 4) is 0 Å². The van der Waals surface area contributed by atoms with E-state index in [0.29, 0.717) is 15.2 Å². The molecule has 1 N–H and O–H groups in total. The number of nitrogens with zero attached hydrogens (tertiary/aromatic N) is 1. The van der Waals surface area contributed by atoms with Crippen LogP contribution < -0.4 is 4.72 Å². The Labute approximate surface area is 128 Å². The molecule has 100 valence electrons. The fourth-order valence-corrected chi connectivity index (χ4v) is 2.90. The summed E-state index contributed by atoms with van der Waals surface area (Å²) in [6.07, 6.45) is 1.19. The molecule has 0 saturated heterocycles. The van der Waals surface area contributed by atoms with E-state index in [4.69, 9.17) is 23.2 Å². The molecule has 4 nitrogen and oxygen atoms in total. The van der Waals surface area contributed by atoms with Crippen molar-refractivity contribution in [3.05, 3.63) is 51.2 Å². The van der Waals surface area contributed by atoms with E-state index in [1.807, 2.05) is 0 Å². The lowest BCUT2D eigenvalue weighted by atomic mass is 10.3. The average Bonchev–Trinajstić information content (AvgIpc) is 2.34. The zero-order valence-electron chi connectivity index (χ0n) is 9.27. The number of hydrogen-bond acceptors (Lipinski definition) is 3. The summed E-state index contributed by atoms with van der Waals surface area (Å²) < 4.78 is 27.2. The largest absolute Gasteiger partial charge is 0.280 e. The summed E-state index contributed by atoms with van der Waals surface area (Å²) >= 11 is 14.7. The average molecular weight is 382 g/mol. The van der Waals surface area contributed by atoms with Crippen molar-refractivity contribution in [2.24, 2.45) is 0 Å². The summed E-state index contributed by atoms with van der Waals surface area (Å²) in [5, 5.41) is 0.726. The number of aromatic nitrogens is 1. The van der Waals surface area contributed by atoms with Gasteiger partial charge in [-0.05, 0) is 46.3 Å². The van der Waals surface area contributed by atoms with Gasteiger partial charge in [-0.1, -0.05) is 23.2 Å². The van der Waals surface area contributed by atoms with Gasteiger partial charge < -0.3 is 0 Å². The molecule has 0 aliphatic carbocycles. The molecule has 0 amide bonds. The molecule has 0 fully saturated rings. The molecule has 1 heterocycles. The molecule has 0 atom stereocenters. The lowest BCUT2D eigenvalue weighted by Crippen LogP contribution is -2.13. The molecule has 0 spiro atoms. The fraction of sp³-hybridized carbons (Fsp3) is 0. The fourth-order valence-electron chi connectivity index (χ4n) is 1.29. The molecule has 0 unspecified atom stereocenters. The van der Waals surface area contributed by atoms with Crippen LogP contribution >= 0.6 is 39.1 Å². The highest BCUT2D eigenvalue weighted by atomic mass is 79.9. The second-order valence-corrected chi connectivity index (χ2v) is 6.88. The van der Waals surface area contributed by atoms with Crippen LogP contribution in [-0.4, -0.2) is 13.4 Å². The van der Waals surface area contributed by atoms with Crippen LogP contribution in [0.4, 0.5) is 5.69 Å². The highest BCUT2D eigenvalue weighted by Gasteiger charge is 2.15. The van der Waals surface area contributed by atoms with Gasteiger partial charge in [0.25, 0.3) is 10.0 Å². The van der Waals surface area contributed by atoms with Gasteiger partial charge in [-0.2, -0.15) is 0 Å². The molecule has 0 radical (unpaired) electrons. The number of nitrogens with one attached hydrogen (secondary N) is 1. The highest BCUT2D eigenvalue weighted by molar-refractivity contribution is 9.10. The number of halogens is 3. The minimum atomic E-state index is -3.69. The normalized spacial score (nSPS) is 11.3. The molecule has 1 aromatic heterocycles. The third-order valence-electron chi connectivity index (χ3n) is 2.18. The predicted octanol–water partition coefficient (Wildman–Crippen LogP) is 3.95. The molecule has 0 aliphatic heterocycles. The van der Waals surface area contributed by atoms with Gasteiger partial charge in [0.15, 0.2) is 0 Å². The zero-order chi connectivity index (χ0) is 14.0. The van der Waals surface area contributed by atoms with Gasteiger partial charge in [0, 0.05) is 10.7 Å². The van der Waals surface area contributed by atoms with E-state index in [1.54, 1.807) is 18.2 Å². The minimum absolute atomic E-state index is 0.0305. The number of sulfonamides is 1. The summed E-state index contributed by atoms with van der Waals surface area (Å²) in [4.78, 5) is 3.77. The Bertz CT molecular complexity index is 705. The molecule has 8 heteroatoms. The van der Waals surface area contributed by atoms with Crippen LogP contribution in [0.3, 0.4) is 0 Å². The Kier molecular flexibility index (Phi) is 4.35. The second kappa shape index (κ2) is 5.66. The van der Waals surface area contributed by atoms with Gasteiger partial charge in [0.05, 0.1) is 10.7 Å². The monoisotopic (exact) mass is 380 g/mol. The maximum Gasteiger partial charge on any atom is 0.263 e. The van der Waals surface area contributed by atoms with Crippen LogP contribution in [0.5, 0.6) is 0 Å². The van der Waals surface area contributed by atoms with Gasteiger partial charge in [-0.25, -0.2) is 13.4 Å². The third kappa shape index (κ3) is 3.60. The van der Waals surface area contributed by atoms with Crippen molar-refractivity contribution in [1.82, 2.24) is 4.98 Å². The number of pyridine rings is 1.